The van der Waals surface area contributed by atoms with E-state index in [4.69, 9.17) is 49.2 Å². The van der Waals surface area contributed by atoms with Crippen molar-refractivity contribution in [3.05, 3.63) is 34.9 Å². The van der Waals surface area contributed by atoms with Gasteiger partial charge in [0.15, 0.2) is 5.11 Å². The van der Waals surface area contributed by atoms with Crippen molar-refractivity contribution < 1.29 is 19.6 Å². The van der Waals surface area contributed by atoms with Crippen molar-refractivity contribution in [1.82, 2.24) is 10.2 Å². The van der Waals surface area contributed by atoms with E-state index in [1.165, 1.54) is 0 Å². The lowest BCUT2D eigenvalue weighted by atomic mass is 9.82. The van der Waals surface area contributed by atoms with E-state index in [0.29, 0.717) is 18.8 Å². The summed E-state index contributed by atoms with van der Waals surface area (Å²) in [5.41, 5.74) is 7.49. The third-order valence-corrected chi connectivity index (χ3v) is 5.69. The van der Waals surface area contributed by atoms with Crippen molar-refractivity contribution in [2.45, 2.75) is 51.0 Å². The van der Waals surface area contributed by atoms with Crippen LogP contribution in [0, 0.1) is 5.92 Å². The number of thiocarbonyl (C=S) groups is 1. The molecule has 7 nitrogen and oxygen atoms in total. The molecule has 1 atom stereocenters. The fourth-order valence-corrected chi connectivity index (χ4v) is 3.75. The van der Waals surface area contributed by atoms with Crippen molar-refractivity contribution >= 4 is 42.2 Å². The number of hydrogen-bond acceptors (Lipinski definition) is 6. The second-order valence-electron chi connectivity index (χ2n) is 7.12. The third kappa shape index (κ3) is 10.7. The minimum absolute atomic E-state index is 0.184. The van der Waals surface area contributed by atoms with Crippen molar-refractivity contribution in [2.75, 3.05) is 13.1 Å². The van der Waals surface area contributed by atoms with E-state index in [1.807, 2.05) is 24.3 Å². The zero-order chi connectivity index (χ0) is 21.6. The Kier molecular flexibility index (Phi) is 12.8. The molecule has 1 unspecified atom stereocenters. The summed E-state index contributed by atoms with van der Waals surface area (Å²) in [6, 6.07) is 7.95. The van der Waals surface area contributed by atoms with Crippen molar-refractivity contribution in [3.8, 4) is 0 Å². The maximum atomic E-state index is 8.87. The fraction of sp³-hybridized carbons (Fsp3) is 0.579. The van der Waals surface area contributed by atoms with Crippen LogP contribution in [0.2, 0.25) is 11.3 Å². The Morgan fingerprint density at radius 3 is 2.41 bits per heavy atom. The van der Waals surface area contributed by atoms with Crippen LogP contribution in [-0.4, -0.2) is 52.5 Å². The molecule has 0 aromatic heterocycles. The molecule has 0 aliphatic carbocycles. The fourth-order valence-electron chi connectivity index (χ4n) is 3.37. The van der Waals surface area contributed by atoms with Gasteiger partial charge in [-0.15, -0.1) is 0 Å². The molecule has 0 saturated carbocycles. The predicted molar refractivity (Wildman–Crippen MR) is 117 cm³/mol. The van der Waals surface area contributed by atoms with Gasteiger partial charge in [0.05, 0.1) is 0 Å². The van der Waals surface area contributed by atoms with Gasteiger partial charge in [-0.2, -0.15) is 9.59 Å². The Morgan fingerprint density at radius 2 is 1.86 bits per heavy atom. The van der Waals surface area contributed by atoms with Crippen molar-refractivity contribution in [3.63, 3.8) is 0 Å². The quantitative estimate of drug-likeness (QED) is 0.274. The topological polar surface area (TPSA) is 116 Å². The lowest BCUT2D eigenvalue weighted by Gasteiger charge is -2.36. The summed E-state index contributed by atoms with van der Waals surface area (Å²) in [5, 5.41) is 22.6. The molecule has 1 heterocycles. The molecule has 1 saturated heterocycles. The summed E-state index contributed by atoms with van der Waals surface area (Å²) in [7, 11) is -1.20. The number of hydrogen-bond donors (Lipinski definition) is 4. The van der Waals surface area contributed by atoms with Gasteiger partial charge in [-0.25, -0.2) is 0 Å². The first kappa shape index (κ1) is 25.6. The van der Waals surface area contributed by atoms with Crippen LogP contribution in [0.3, 0.4) is 0 Å². The van der Waals surface area contributed by atoms with E-state index in [1.54, 1.807) is 0 Å². The Labute approximate surface area is 182 Å². The van der Waals surface area contributed by atoms with Crippen molar-refractivity contribution in [1.29, 1.82) is 0 Å². The molecule has 10 heteroatoms. The number of piperidine rings is 1. The molecule has 1 aromatic rings. The summed E-state index contributed by atoms with van der Waals surface area (Å²) in [6.45, 7) is 2.56. The number of unbranched alkanes of at least 4 members (excludes halogenated alkanes) is 1. The molecule has 29 heavy (non-hydrogen) atoms. The summed E-state index contributed by atoms with van der Waals surface area (Å²) in [4.78, 5) is 18.5. The third-order valence-electron chi connectivity index (χ3n) is 5.04. The molecule has 0 bridgehead atoms. The highest BCUT2D eigenvalue weighted by Crippen LogP contribution is 2.23. The van der Waals surface area contributed by atoms with Crippen LogP contribution in [0.5, 0.6) is 0 Å². The van der Waals surface area contributed by atoms with E-state index in [2.05, 4.69) is 10.2 Å². The number of nitrogens with zero attached hydrogens (tertiary/aromatic N) is 1. The smallest absolute Gasteiger partial charge is 0.427 e. The minimum Gasteiger partial charge on any atom is -0.427 e. The van der Waals surface area contributed by atoms with Crippen LogP contribution < -0.4 is 11.1 Å². The molecule has 0 amide bonds. The standard InChI is InChI=1S/C18H29BClN3O2S.CO2/c20-16-6-4-14(5-7-16)13-22-18(26)23-11-8-15(9-12-23)17(21)3-1-2-10-19(24)25;2-1-3/h4-7,15,17,24-25H,1-3,8-13,21H2,(H,22,26);. The summed E-state index contributed by atoms with van der Waals surface area (Å²) in [5.74, 6) is 0.518. The molecule has 2 rings (SSSR count). The number of likely N-dealkylation sites (tertiary alicyclic amines) is 1. The largest absolute Gasteiger partial charge is 0.451 e. The van der Waals surface area contributed by atoms with Crippen molar-refractivity contribution in [2.24, 2.45) is 11.7 Å². The molecule has 1 aliphatic heterocycles. The summed E-state index contributed by atoms with van der Waals surface area (Å²) < 4.78 is 0. The highest BCUT2D eigenvalue weighted by atomic mass is 35.5. The van der Waals surface area contributed by atoms with Gasteiger partial charge in [-0.05, 0) is 61.4 Å². The Bertz CT molecular complexity index is 637. The Morgan fingerprint density at radius 1 is 1.28 bits per heavy atom. The maximum Gasteiger partial charge on any atom is 0.451 e. The number of nitrogens with two attached hydrogens (primary N) is 1. The Balaban J connectivity index is 0.00000132. The second kappa shape index (κ2) is 14.5. The minimum atomic E-state index is -1.20. The van der Waals surface area contributed by atoms with Crippen LogP contribution in [0.1, 0.15) is 37.7 Å². The average Bonchev–Trinajstić information content (AvgIpc) is 2.71. The van der Waals surface area contributed by atoms with Gasteiger partial charge in [0.2, 0.25) is 0 Å². The highest BCUT2D eigenvalue weighted by molar-refractivity contribution is 7.80. The first-order valence-electron chi connectivity index (χ1n) is 9.75. The first-order chi connectivity index (χ1) is 13.9. The van der Waals surface area contributed by atoms with E-state index < -0.39 is 7.12 Å². The van der Waals surface area contributed by atoms with E-state index in [0.717, 1.165) is 60.9 Å². The molecular formula is C19H29BClN3O4S. The molecule has 1 aliphatic rings. The van der Waals surface area contributed by atoms with E-state index >= 15 is 0 Å². The van der Waals surface area contributed by atoms with E-state index in [-0.39, 0.29) is 12.2 Å². The van der Waals surface area contributed by atoms with Crippen LogP contribution in [0.25, 0.3) is 0 Å². The number of halogens is 1. The van der Waals surface area contributed by atoms with Gasteiger partial charge in [0, 0.05) is 30.7 Å². The Hall–Kier alpha value is -1.48. The molecule has 1 fully saturated rings. The van der Waals surface area contributed by atoms with Gasteiger partial charge in [0.1, 0.15) is 0 Å². The molecule has 160 valence electrons. The average molecular weight is 442 g/mol. The lowest BCUT2D eigenvalue weighted by molar-refractivity contribution is -0.191. The number of benzene rings is 1. The second-order valence-corrected chi connectivity index (χ2v) is 7.95. The highest BCUT2D eigenvalue weighted by Gasteiger charge is 2.25. The van der Waals surface area contributed by atoms with Gasteiger partial charge in [0.25, 0.3) is 0 Å². The lowest BCUT2D eigenvalue weighted by Crippen LogP contribution is -2.46. The van der Waals surface area contributed by atoms with E-state index in [9.17, 15) is 0 Å². The zero-order valence-electron chi connectivity index (χ0n) is 16.4. The monoisotopic (exact) mass is 441 g/mol. The summed E-state index contributed by atoms with van der Waals surface area (Å²) >= 11 is 11.4. The van der Waals surface area contributed by atoms with Gasteiger partial charge in [-0.1, -0.05) is 36.6 Å². The van der Waals surface area contributed by atoms with Crippen LogP contribution in [0.4, 0.5) is 0 Å². The molecule has 5 N–H and O–H groups in total. The molecule has 0 radical (unpaired) electrons. The maximum absolute atomic E-state index is 8.87. The molecular weight excluding hydrogens is 413 g/mol. The van der Waals surface area contributed by atoms with Gasteiger partial charge in [-0.3, -0.25) is 0 Å². The normalized spacial score (nSPS) is 15.0. The first-order valence-corrected chi connectivity index (χ1v) is 10.5. The van der Waals surface area contributed by atoms with Crippen LogP contribution >= 0.6 is 23.8 Å². The van der Waals surface area contributed by atoms with Gasteiger partial charge >= 0.3 is 13.3 Å². The number of nitrogens with one attached hydrogen (secondary N) is 1. The number of rotatable bonds is 8. The summed E-state index contributed by atoms with van der Waals surface area (Å²) in [6.07, 6.45) is 5.47. The van der Waals surface area contributed by atoms with Crippen LogP contribution in [0.15, 0.2) is 24.3 Å². The van der Waals surface area contributed by atoms with Crippen LogP contribution in [-0.2, 0) is 16.1 Å². The van der Waals surface area contributed by atoms with Gasteiger partial charge < -0.3 is 26.0 Å². The SMILES string of the molecule is NC(CCCCB(O)O)C1CCN(C(=S)NCc2ccc(Cl)cc2)CC1.O=C=O. The number of carbonyl (C=O) groups excluding carboxylic acids is 2. The molecule has 0 spiro atoms. The molecule has 1 aromatic carbocycles. The predicted octanol–water partition coefficient (Wildman–Crippen LogP) is 1.81. The zero-order valence-corrected chi connectivity index (χ0v) is 18.0.